The van der Waals surface area contributed by atoms with Gasteiger partial charge in [-0.3, -0.25) is 0 Å². The highest BCUT2D eigenvalue weighted by atomic mass is 16.5. The summed E-state index contributed by atoms with van der Waals surface area (Å²) in [7, 11) is 0. The molecule has 0 unspecified atom stereocenters. The van der Waals surface area contributed by atoms with Crippen LogP contribution in [0.3, 0.4) is 0 Å². The van der Waals surface area contributed by atoms with Crippen molar-refractivity contribution < 1.29 is 5.21 Å². The van der Waals surface area contributed by atoms with Crippen molar-refractivity contribution >= 4 is 0 Å². The molecule has 1 aromatic heterocycles. The number of hydrogen-bond donors (Lipinski definition) is 1. The summed E-state index contributed by atoms with van der Waals surface area (Å²) in [5.41, 5.74) is 0.961. The quantitative estimate of drug-likeness (QED) is 0.537. The van der Waals surface area contributed by atoms with Gasteiger partial charge in [-0.15, -0.1) is 9.94 Å². The average Bonchev–Trinajstić information content (AvgIpc) is 2.20. The van der Waals surface area contributed by atoms with E-state index in [4.69, 9.17) is 5.21 Å². The zero-order valence-electron chi connectivity index (χ0n) is 6.00. The Bertz CT molecular complexity index is 143. The molecular weight excluding hydrogens is 116 g/mol. The molecule has 0 aromatic carbocycles. The molecule has 9 heavy (non-hydrogen) atoms. The van der Waals surface area contributed by atoms with Crippen molar-refractivity contribution in [1.82, 2.24) is 9.94 Å². The Morgan fingerprint density at radius 1 is 1.56 bits per heavy atom. The summed E-state index contributed by atoms with van der Waals surface area (Å²) in [6, 6.07) is 0. The van der Waals surface area contributed by atoms with Crippen molar-refractivity contribution in [3.63, 3.8) is 0 Å². The van der Waals surface area contributed by atoms with E-state index in [-0.39, 0.29) is 0 Å². The number of hydrogen-bond acceptors (Lipinski definition) is 2. The molecule has 0 fully saturated rings. The van der Waals surface area contributed by atoms with Crippen LogP contribution in [0.15, 0.2) is 12.4 Å². The number of rotatable bonds is 0. The lowest BCUT2D eigenvalue weighted by molar-refractivity contribution is 0.148. The van der Waals surface area contributed by atoms with Crippen molar-refractivity contribution in [2.24, 2.45) is 0 Å². The first-order valence-electron chi connectivity index (χ1n) is 2.99. The second-order valence-electron chi connectivity index (χ2n) is 1.44. The van der Waals surface area contributed by atoms with Gasteiger partial charge >= 0.3 is 0 Å². The second-order valence-corrected chi connectivity index (χ2v) is 1.44. The lowest BCUT2D eigenvalue weighted by Crippen LogP contribution is -1.86. The molecule has 52 valence electrons. The molecule has 1 heterocycles. The monoisotopic (exact) mass is 128 g/mol. The smallest absolute Gasteiger partial charge is 0.0693 e. The van der Waals surface area contributed by atoms with Crippen LogP contribution in [0.4, 0.5) is 0 Å². The molecule has 0 radical (unpaired) electrons. The first kappa shape index (κ1) is 8.01. The molecular formula is C6H12N2O. The first-order valence-corrected chi connectivity index (χ1v) is 2.99. The van der Waals surface area contributed by atoms with Crippen LogP contribution in [0, 0.1) is 6.92 Å². The highest BCUT2D eigenvalue weighted by Gasteiger charge is 1.83. The molecule has 0 amide bonds. The molecule has 0 atom stereocenters. The van der Waals surface area contributed by atoms with Gasteiger partial charge < -0.3 is 5.21 Å². The molecule has 0 saturated carbocycles. The van der Waals surface area contributed by atoms with Gasteiger partial charge in [0, 0.05) is 0 Å². The third-order valence-corrected chi connectivity index (χ3v) is 0.699. The summed E-state index contributed by atoms with van der Waals surface area (Å²) in [5.74, 6) is 0. The van der Waals surface area contributed by atoms with Gasteiger partial charge in [0.25, 0.3) is 0 Å². The average molecular weight is 128 g/mol. The van der Waals surface area contributed by atoms with Crippen LogP contribution >= 0.6 is 0 Å². The van der Waals surface area contributed by atoms with Gasteiger partial charge in [0.15, 0.2) is 0 Å². The number of aromatic nitrogens is 2. The van der Waals surface area contributed by atoms with Crippen LogP contribution in [0.5, 0.6) is 0 Å². The fourth-order valence-electron chi connectivity index (χ4n) is 0.399. The predicted octanol–water partition coefficient (Wildman–Crippen LogP) is 1.46. The maximum atomic E-state index is 8.46. The summed E-state index contributed by atoms with van der Waals surface area (Å²) >= 11 is 0. The molecule has 0 aliphatic carbocycles. The molecule has 1 aromatic rings. The summed E-state index contributed by atoms with van der Waals surface area (Å²) in [4.78, 5) is 0.787. The Balaban J connectivity index is 0.000000291. The zero-order valence-corrected chi connectivity index (χ0v) is 6.00. The minimum atomic E-state index is 0.787. The third kappa shape index (κ3) is 2.74. The minimum Gasteiger partial charge on any atom is -0.412 e. The van der Waals surface area contributed by atoms with Crippen molar-refractivity contribution in [1.29, 1.82) is 0 Å². The molecule has 0 bridgehead atoms. The number of nitrogens with zero attached hydrogens (tertiary/aromatic N) is 2. The maximum absolute atomic E-state index is 8.46. The summed E-state index contributed by atoms with van der Waals surface area (Å²) < 4.78 is 0. The summed E-state index contributed by atoms with van der Waals surface area (Å²) in [6.45, 7) is 5.86. The van der Waals surface area contributed by atoms with E-state index in [0.29, 0.717) is 0 Å². The molecule has 3 nitrogen and oxygen atoms in total. The Morgan fingerprint density at radius 2 is 2.11 bits per heavy atom. The van der Waals surface area contributed by atoms with E-state index in [1.165, 1.54) is 6.20 Å². The van der Waals surface area contributed by atoms with Crippen LogP contribution in [-0.4, -0.2) is 15.2 Å². The summed E-state index contributed by atoms with van der Waals surface area (Å²) in [6.07, 6.45) is 3.11. The van der Waals surface area contributed by atoms with Crippen LogP contribution in [-0.2, 0) is 0 Å². The Kier molecular flexibility index (Phi) is 3.51. The highest BCUT2D eigenvalue weighted by molar-refractivity contribution is 4.97. The Morgan fingerprint density at radius 3 is 2.22 bits per heavy atom. The lowest BCUT2D eigenvalue weighted by atomic mass is 10.4. The molecule has 1 rings (SSSR count). The van der Waals surface area contributed by atoms with E-state index in [0.717, 1.165) is 10.4 Å². The van der Waals surface area contributed by atoms with Gasteiger partial charge in [0.2, 0.25) is 0 Å². The third-order valence-electron chi connectivity index (χ3n) is 0.699. The van der Waals surface area contributed by atoms with Crippen LogP contribution in [0.2, 0.25) is 0 Å². The molecule has 3 heteroatoms. The van der Waals surface area contributed by atoms with E-state index in [9.17, 15) is 0 Å². The largest absolute Gasteiger partial charge is 0.412 e. The fourth-order valence-corrected chi connectivity index (χ4v) is 0.399. The molecule has 0 spiro atoms. The first-order chi connectivity index (χ1) is 4.29. The fraction of sp³-hybridized carbons (Fsp3) is 0.500. The second kappa shape index (κ2) is 3.95. The van der Waals surface area contributed by atoms with E-state index < -0.39 is 0 Å². The van der Waals surface area contributed by atoms with Gasteiger partial charge in [0.05, 0.1) is 12.4 Å². The van der Waals surface area contributed by atoms with Crippen molar-refractivity contribution in [3.8, 4) is 0 Å². The topological polar surface area (TPSA) is 38.0 Å². The van der Waals surface area contributed by atoms with E-state index in [1.54, 1.807) is 6.20 Å². The van der Waals surface area contributed by atoms with E-state index in [1.807, 2.05) is 20.8 Å². The highest BCUT2D eigenvalue weighted by Crippen LogP contribution is 1.88. The van der Waals surface area contributed by atoms with Gasteiger partial charge in [0.1, 0.15) is 0 Å². The van der Waals surface area contributed by atoms with Gasteiger partial charge in [-0.25, -0.2) is 0 Å². The lowest BCUT2D eigenvalue weighted by Gasteiger charge is -1.77. The maximum Gasteiger partial charge on any atom is 0.0693 e. The molecule has 0 aliphatic heterocycles. The molecule has 0 saturated heterocycles. The minimum absolute atomic E-state index is 0.787. The van der Waals surface area contributed by atoms with Crippen LogP contribution in [0.25, 0.3) is 0 Å². The number of aryl methyl sites for hydroxylation is 1. The van der Waals surface area contributed by atoms with E-state index in [2.05, 4.69) is 5.10 Å². The standard InChI is InChI=1S/C4H6N2O.C2H6/c1-4-2-5-6(7)3-4;1-2/h2-3,7H,1H3;1-2H3. The van der Waals surface area contributed by atoms with Crippen molar-refractivity contribution in [3.05, 3.63) is 18.0 Å². The Hall–Kier alpha value is -0.990. The van der Waals surface area contributed by atoms with Gasteiger partial charge in [-0.2, -0.15) is 0 Å². The van der Waals surface area contributed by atoms with Gasteiger partial charge in [-0.05, 0) is 12.5 Å². The van der Waals surface area contributed by atoms with Crippen LogP contribution in [0.1, 0.15) is 19.4 Å². The normalized spacial score (nSPS) is 7.89. The predicted molar refractivity (Wildman–Crippen MR) is 35.5 cm³/mol. The van der Waals surface area contributed by atoms with Crippen molar-refractivity contribution in [2.45, 2.75) is 20.8 Å². The zero-order chi connectivity index (χ0) is 7.28. The summed E-state index contributed by atoms with van der Waals surface area (Å²) in [5, 5.41) is 11.9. The Labute approximate surface area is 54.9 Å². The van der Waals surface area contributed by atoms with E-state index >= 15 is 0 Å². The van der Waals surface area contributed by atoms with Gasteiger partial charge in [-0.1, -0.05) is 13.8 Å². The van der Waals surface area contributed by atoms with Crippen molar-refractivity contribution in [2.75, 3.05) is 0 Å². The van der Waals surface area contributed by atoms with Crippen LogP contribution < -0.4 is 0 Å². The molecule has 1 N–H and O–H groups in total. The SMILES string of the molecule is CC.Cc1cnn(O)c1. The molecule has 0 aliphatic rings.